The number of rotatable bonds is 3. The highest BCUT2D eigenvalue weighted by Gasteiger charge is 2.31. The molecule has 5 heteroatoms. The lowest BCUT2D eigenvalue weighted by Crippen LogP contribution is -2.37. The van der Waals surface area contributed by atoms with E-state index in [0.29, 0.717) is 26.2 Å². The van der Waals surface area contributed by atoms with Gasteiger partial charge in [0, 0.05) is 31.3 Å². The van der Waals surface area contributed by atoms with Crippen LogP contribution in [0.2, 0.25) is 0 Å². The zero-order valence-electron chi connectivity index (χ0n) is 9.66. The van der Waals surface area contributed by atoms with E-state index in [4.69, 9.17) is 4.74 Å². The van der Waals surface area contributed by atoms with Crippen molar-refractivity contribution < 1.29 is 9.84 Å². The molecule has 1 aromatic heterocycles. The molecule has 1 saturated heterocycles. The normalized spacial score (nSPS) is 24.7. The van der Waals surface area contributed by atoms with Crippen LogP contribution in [0.5, 0.6) is 0 Å². The predicted molar refractivity (Wildman–Crippen MR) is 60.4 cm³/mol. The Hall–Kier alpha value is -1.20. The van der Waals surface area contributed by atoms with Crippen LogP contribution in [0.25, 0.3) is 0 Å². The number of aliphatic hydroxyl groups is 1. The van der Waals surface area contributed by atoms with Gasteiger partial charge in [0.1, 0.15) is 17.2 Å². The summed E-state index contributed by atoms with van der Waals surface area (Å²) in [6, 6.07) is 1.87. The molecule has 0 spiro atoms. The van der Waals surface area contributed by atoms with Gasteiger partial charge in [-0.1, -0.05) is 0 Å². The summed E-state index contributed by atoms with van der Waals surface area (Å²) < 4.78 is 5.17. The molecular formula is C11H17N3O2. The van der Waals surface area contributed by atoms with Crippen molar-refractivity contribution in [2.45, 2.75) is 25.9 Å². The molecule has 2 N–H and O–H groups in total. The topological polar surface area (TPSA) is 67.3 Å². The number of anilines is 1. The van der Waals surface area contributed by atoms with Crippen molar-refractivity contribution >= 4 is 5.82 Å². The zero-order chi connectivity index (χ0) is 11.6. The summed E-state index contributed by atoms with van der Waals surface area (Å²) in [6.45, 7) is 5.25. The van der Waals surface area contributed by atoms with E-state index in [9.17, 15) is 5.11 Å². The lowest BCUT2D eigenvalue weighted by atomic mass is 10.0. The molecule has 88 valence electrons. The Morgan fingerprint density at radius 2 is 2.31 bits per heavy atom. The van der Waals surface area contributed by atoms with Gasteiger partial charge in [-0.15, -0.1) is 0 Å². The molecule has 1 fully saturated rings. The molecule has 1 aromatic rings. The van der Waals surface area contributed by atoms with Crippen LogP contribution in [0, 0.1) is 13.8 Å². The molecule has 0 aromatic carbocycles. The Morgan fingerprint density at radius 3 is 2.94 bits per heavy atom. The van der Waals surface area contributed by atoms with E-state index in [-0.39, 0.29) is 0 Å². The SMILES string of the molecule is Cc1cc(NCC2(O)CCOC2)nc(C)n1. The van der Waals surface area contributed by atoms with Crippen LogP contribution in [-0.2, 0) is 4.74 Å². The van der Waals surface area contributed by atoms with Gasteiger partial charge < -0.3 is 15.2 Å². The van der Waals surface area contributed by atoms with Gasteiger partial charge in [-0.2, -0.15) is 0 Å². The van der Waals surface area contributed by atoms with Crippen LogP contribution in [0.15, 0.2) is 6.07 Å². The van der Waals surface area contributed by atoms with E-state index >= 15 is 0 Å². The minimum absolute atomic E-state index is 0.392. The van der Waals surface area contributed by atoms with E-state index in [1.165, 1.54) is 0 Å². The molecule has 2 rings (SSSR count). The first kappa shape index (κ1) is 11.3. The maximum Gasteiger partial charge on any atom is 0.130 e. The summed E-state index contributed by atoms with van der Waals surface area (Å²) in [6.07, 6.45) is 0.670. The Kier molecular flexibility index (Phi) is 3.07. The van der Waals surface area contributed by atoms with Crippen LogP contribution >= 0.6 is 0 Å². The van der Waals surface area contributed by atoms with E-state index in [2.05, 4.69) is 15.3 Å². The monoisotopic (exact) mass is 223 g/mol. The fraction of sp³-hybridized carbons (Fsp3) is 0.636. The average molecular weight is 223 g/mol. The zero-order valence-corrected chi connectivity index (χ0v) is 9.66. The first-order valence-electron chi connectivity index (χ1n) is 5.44. The average Bonchev–Trinajstić information content (AvgIpc) is 2.62. The van der Waals surface area contributed by atoms with Gasteiger partial charge in [0.25, 0.3) is 0 Å². The highest BCUT2D eigenvalue weighted by Crippen LogP contribution is 2.18. The van der Waals surface area contributed by atoms with Gasteiger partial charge in [-0.05, 0) is 13.8 Å². The molecule has 0 saturated carbocycles. The lowest BCUT2D eigenvalue weighted by molar-refractivity contribution is 0.0381. The highest BCUT2D eigenvalue weighted by molar-refractivity contribution is 5.36. The lowest BCUT2D eigenvalue weighted by Gasteiger charge is -2.21. The van der Waals surface area contributed by atoms with Gasteiger partial charge in [-0.25, -0.2) is 9.97 Å². The van der Waals surface area contributed by atoms with Crippen molar-refractivity contribution in [1.29, 1.82) is 0 Å². The minimum Gasteiger partial charge on any atom is -0.386 e. The Bertz CT molecular complexity index is 355. The molecule has 2 heterocycles. The largest absolute Gasteiger partial charge is 0.386 e. The van der Waals surface area contributed by atoms with Crippen molar-refractivity contribution in [2.75, 3.05) is 25.1 Å². The van der Waals surface area contributed by atoms with Gasteiger partial charge >= 0.3 is 0 Å². The quantitative estimate of drug-likeness (QED) is 0.787. The third kappa shape index (κ3) is 2.68. The smallest absolute Gasteiger partial charge is 0.130 e. The number of nitrogens with one attached hydrogen (secondary N) is 1. The highest BCUT2D eigenvalue weighted by atomic mass is 16.5. The Morgan fingerprint density at radius 1 is 1.50 bits per heavy atom. The summed E-state index contributed by atoms with van der Waals surface area (Å²) >= 11 is 0. The molecule has 1 unspecified atom stereocenters. The van der Waals surface area contributed by atoms with Crippen molar-refractivity contribution in [3.63, 3.8) is 0 Å². The Labute approximate surface area is 94.9 Å². The van der Waals surface area contributed by atoms with Crippen LogP contribution in [0.4, 0.5) is 5.82 Å². The first-order chi connectivity index (χ1) is 7.57. The minimum atomic E-state index is -0.757. The third-order valence-corrected chi connectivity index (χ3v) is 2.65. The van der Waals surface area contributed by atoms with E-state index in [1.54, 1.807) is 0 Å². The van der Waals surface area contributed by atoms with Crippen molar-refractivity contribution in [3.05, 3.63) is 17.6 Å². The van der Waals surface area contributed by atoms with E-state index < -0.39 is 5.60 Å². The standard InChI is InChI=1S/C11H17N3O2/c1-8-5-10(14-9(2)13-8)12-6-11(15)3-4-16-7-11/h5,15H,3-4,6-7H2,1-2H3,(H,12,13,14). The molecular weight excluding hydrogens is 206 g/mol. The molecule has 1 atom stereocenters. The van der Waals surface area contributed by atoms with Crippen molar-refractivity contribution in [3.8, 4) is 0 Å². The summed E-state index contributed by atoms with van der Waals surface area (Å²) in [7, 11) is 0. The second-order valence-electron chi connectivity index (χ2n) is 4.32. The number of hydrogen-bond donors (Lipinski definition) is 2. The molecule has 0 radical (unpaired) electrons. The maximum absolute atomic E-state index is 10.1. The maximum atomic E-state index is 10.1. The first-order valence-corrected chi connectivity index (χ1v) is 5.44. The van der Waals surface area contributed by atoms with Crippen LogP contribution in [-0.4, -0.2) is 40.4 Å². The summed E-state index contributed by atoms with van der Waals surface area (Å²) in [5.74, 6) is 1.49. The van der Waals surface area contributed by atoms with Gasteiger partial charge in [-0.3, -0.25) is 0 Å². The summed E-state index contributed by atoms with van der Waals surface area (Å²) in [4.78, 5) is 8.44. The Balaban J connectivity index is 1.98. The molecule has 0 aliphatic carbocycles. The van der Waals surface area contributed by atoms with Gasteiger partial charge in [0.2, 0.25) is 0 Å². The molecule has 5 nitrogen and oxygen atoms in total. The predicted octanol–water partition coefficient (Wildman–Crippen LogP) is 0.657. The second kappa shape index (κ2) is 4.35. The summed E-state index contributed by atoms with van der Waals surface area (Å²) in [5, 5.41) is 13.2. The number of hydrogen-bond acceptors (Lipinski definition) is 5. The van der Waals surface area contributed by atoms with E-state index in [1.807, 2.05) is 19.9 Å². The molecule has 16 heavy (non-hydrogen) atoms. The number of aryl methyl sites for hydroxylation is 2. The van der Waals surface area contributed by atoms with Gasteiger partial charge in [0.05, 0.1) is 6.61 Å². The molecule has 1 aliphatic rings. The third-order valence-electron chi connectivity index (χ3n) is 2.65. The second-order valence-corrected chi connectivity index (χ2v) is 4.32. The summed E-state index contributed by atoms with van der Waals surface area (Å²) in [5.41, 5.74) is 0.164. The van der Waals surface area contributed by atoms with Crippen molar-refractivity contribution in [1.82, 2.24) is 9.97 Å². The molecule has 1 aliphatic heterocycles. The van der Waals surface area contributed by atoms with Crippen LogP contribution in [0.1, 0.15) is 17.9 Å². The van der Waals surface area contributed by atoms with Gasteiger partial charge in [0.15, 0.2) is 0 Å². The van der Waals surface area contributed by atoms with E-state index in [0.717, 1.165) is 17.3 Å². The fourth-order valence-corrected chi connectivity index (χ4v) is 1.80. The molecule has 0 bridgehead atoms. The fourth-order valence-electron chi connectivity index (χ4n) is 1.80. The number of ether oxygens (including phenoxy) is 1. The number of aromatic nitrogens is 2. The van der Waals surface area contributed by atoms with Crippen LogP contribution < -0.4 is 5.32 Å². The van der Waals surface area contributed by atoms with Crippen molar-refractivity contribution in [2.24, 2.45) is 0 Å². The van der Waals surface area contributed by atoms with Crippen LogP contribution in [0.3, 0.4) is 0 Å². The number of nitrogens with zero attached hydrogens (tertiary/aromatic N) is 2. The molecule has 0 amide bonds.